The molecule has 0 radical (unpaired) electrons. The minimum atomic E-state index is -3.50. The Kier molecular flexibility index (Phi) is 10.8. The lowest BCUT2D eigenvalue weighted by Gasteiger charge is -2.25. The van der Waals surface area contributed by atoms with E-state index in [0.29, 0.717) is 0 Å². The van der Waals surface area contributed by atoms with E-state index in [9.17, 15) is 13.8 Å². The van der Waals surface area contributed by atoms with Gasteiger partial charge in [-0.1, -0.05) is 0 Å². The zero-order chi connectivity index (χ0) is 17.2. The molecular weight excluding hydrogens is 322 g/mol. The first-order chi connectivity index (χ1) is 10.3. The summed E-state index contributed by atoms with van der Waals surface area (Å²) >= 11 is 0. The van der Waals surface area contributed by atoms with E-state index in [0.717, 1.165) is 13.8 Å². The lowest BCUT2D eigenvalue weighted by Crippen LogP contribution is -2.36. The van der Waals surface area contributed by atoms with Gasteiger partial charge in [0.25, 0.3) is 0 Å². The average molecular weight is 346 g/mol. The van der Waals surface area contributed by atoms with Crippen LogP contribution < -0.4 is 0 Å². The van der Waals surface area contributed by atoms with Crippen LogP contribution in [0.25, 0.3) is 0 Å². The second-order valence-corrected chi connectivity index (χ2v) is 6.14. The highest BCUT2D eigenvalue weighted by atomic mass is 31.2. The van der Waals surface area contributed by atoms with Gasteiger partial charge >= 0.3 is 13.6 Å². The quantitative estimate of drug-likeness (QED) is 0.324. The van der Waals surface area contributed by atoms with Gasteiger partial charge in [0, 0.05) is 6.92 Å². The zero-order valence-electron chi connectivity index (χ0n) is 13.2. The molecule has 0 aromatic rings. The molecule has 1 N–H and O–H groups in total. The van der Waals surface area contributed by atoms with Gasteiger partial charge in [-0.3, -0.25) is 9.36 Å². The molecule has 0 unspecified atom stereocenters. The number of aliphatic hydroxyl groups excluding tert-OH is 1. The number of rotatable bonds is 12. The molecule has 0 saturated heterocycles. The van der Waals surface area contributed by atoms with Crippen LogP contribution in [0.5, 0.6) is 0 Å². The summed E-state index contributed by atoms with van der Waals surface area (Å²) in [6, 6.07) is 0. The fraction of sp³-hybridized carbons (Fsp3) is 0.917. The van der Waals surface area contributed by atoms with Gasteiger partial charge in [0.05, 0.1) is 19.8 Å². The van der Waals surface area contributed by atoms with Gasteiger partial charge in [-0.15, -0.1) is 0 Å². The Morgan fingerprint density at radius 2 is 1.82 bits per heavy atom. The van der Waals surface area contributed by atoms with Gasteiger partial charge in [0.2, 0.25) is 6.29 Å². The van der Waals surface area contributed by atoms with Gasteiger partial charge in [-0.2, -0.15) is 0 Å². The molecule has 132 valence electrons. The molecule has 22 heavy (non-hydrogen) atoms. The highest BCUT2D eigenvalue weighted by Crippen LogP contribution is 2.48. The minimum Gasteiger partial charge on any atom is -0.433 e. The Morgan fingerprint density at radius 3 is 2.18 bits per heavy atom. The number of carbonyl (C=O) groups excluding carboxylic acids is 1. The number of hydrogen-bond acceptors (Lipinski definition) is 8. The summed E-state index contributed by atoms with van der Waals surface area (Å²) < 4.78 is 50.1. The first-order valence-electron chi connectivity index (χ1n) is 6.85. The van der Waals surface area contributed by atoms with E-state index in [4.69, 9.17) is 23.6 Å². The van der Waals surface area contributed by atoms with E-state index in [1.165, 1.54) is 0 Å². The molecular formula is C12H24FO8P. The van der Waals surface area contributed by atoms with Gasteiger partial charge in [-0.05, 0) is 20.8 Å². The van der Waals surface area contributed by atoms with Gasteiger partial charge in [0.15, 0.2) is 18.8 Å². The molecule has 10 heteroatoms. The maximum atomic E-state index is 13.3. The summed E-state index contributed by atoms with van der Waals surface area (Å²) in [7, 11) is -3.50. The van der Waals surface area contributed by atoms with Crippen molar-refractivity contribution in [3.63, 3.8) is 0 Å². The van der Waals surface area contributed by atoms with Crippen LogP contribution in [0.1, 0.15) is 27.7 Å². The van der Waals surface area contributed by atoms with Crippen molar-refractivity contribution in [3.8, 4) is 0 Å². The molecule has 0 bridgehead atoms. The molecule has 0 heterocycles. The Labute approximate surface area is 129 Å². The molecule has 0 aliphatic heterocycles. The standard InChI is InChI=1S/C12H24FO8P/c1-5-18-22(16,19-6-2)8-17-11(7-14)21-12(9(3)13)20-10(4)15/h9,11-12,14H,5-8H2,1-4H3/t9-,11-,12+/m0/s1. The summed E-state index contributed by atoms with van der Waals surface area (Å²) in [5, 5.41) is 9.16. The lowest BCUT2D eigenvalue weighted by atomic mass is 10.4. The molecule has 0 aromatic heterocycles. The average Bonchev–Trinajstić information content (AvgIpc) is 2.42. The highest BCUT2D eigenvalue weighted by Gasteiger charge is 2.29. The Bertz CT molecular complexity index is 355. The summed E-state index contributed by atoms with van der Waals surface area (Å²) in [5.74, 6) is -0.750. The Morgan fingerprint density at radius 1 is 1.27 bits per heavy atom. The lowest BCUT2D eigenvalue weighted by molar-refractivity contribution is -0.259. The van der Waals surface area contributed by atoms with Crippen molar-refractivity contribution in [2.75, 3.05) is 26.2 Å². The van der Waals surface area contributed by atoms with Crippen molar-refractivity contribution in [1.29, 1.82) is 0 Å². The van der Waals surface area contributed by atoms with Crippen LogP contribution in [0.15, 0.2) is 0 Å². The maximum absolute atomic E-state index is 13.3. The fourth-order valence-corrected chi connectivity index (χ4v) is 2.72. The van der Waals surface area contributed by atoms with E-state index in [1.807, 2.05) is 0 Å². The third-order valence-electron chi connectivity index (χ3n) is 2.16. The largest absolute Gasteiger partial charge is 0.433 e. The van der Waals surface area contributed by atoms with Crippen molar-refractivity contribution in [1.82, 2.24) is 0 Å². The molecule has 0 aromatic carbocycles. The number of ether oxygens (including phenoxy) is 3. The van der Waals surface area contributed by atoms with E-state index in [-0.39, 0.29) is 13.2 Å². The van der Waals surface area contributed by atoms with Crippen LogP contribution in [0.4, 0.5) is 4.39 Å². The molecule has 0 aliphatic rings. The minimum absolute atomic E-state index is 0.142. The number of aliphatic hydroxyl groups is 1. The van der Waals surface area contributed by atoms with Gasteiger partial charge < -0.3 is 28.4 Å². The van der Waals surface area contributed by atoms with Crippen molar-refractivity contribution >= 4 is 13.6 Å². The van der Waals surface area contributed by atoms with Crippen LogP contribution in [-0.4, -0.2) is 56.0 Å². The van der Waals surface area contributed by atoms with E-state index in [1.54, 1.807) is 13.8 Å². The monoisotopic (exact) mass is 346 g/mol. The third-order valence-corrected chi connectivity index (χ3v) is 3.93. The first-order valence-corrected chi connectivity index (χ1v) is 8.58. The summed E-state index contributed by atoms with van der Waals surface area (Å²) in [6.07, 6.45) is -5.04. The number of esters is 1. The number of carbonyl (C=O) groups is 1. The second kappa shape index (κ2) is 11.0. The van der Waals surface area contributed by atoms with Crippen molar-refractivity contribution in [3.05, 3.63) is 0 Å². The van der Waals surface area contributed by atoms with Crippen LogP contribution in [-0.2, 0) is 32.6 Å². The normalized spacial score (nSPS) is 16.1. The molecule has 3 atom stereocenters. The van der Waals surface area contributed by atoms with E-state index < -0.39 is 45.3 Å². The van der Waals surface area contributed by atoms with E-state index >= 15 is 0 Å². The van der Waals surface area contributed by atoms with Crippen LogP contribution in [0.3, 0.4) is 0 Å². The molecule has 0 rings (SSSR count). The van der Waals surface area contributed by atoms with Crippen molar-refractivity contribution in [2.24, 2.45) is 0 Å². The highest BCUT2D eigenvalue weighted by molar-refractivity contribution is 7.53. The number of alkyl halides is 1. The molecule has 0 amide bonds. The first kappa shape index (κ1) is 21.4. The second-order valence-electron chi connectivity index (χ2n) is 4.15. The topological polar surface area (TPSA) is 101 Å². The predicted octanol–water partition coefficient (Wildman–Crippen LogP) is 1.81. The van der Waals surface area contributed by atoms with Crippen molar-refractivity contribution in [2.45, 2.75) is 46.4 Å². The fourth-order valence-electron chi connectivity index (χ4n) is 1.36. The zero-order valence-corrected chi connectivity index (χ0v) is 14.1. The summed E-state index contributed by atoms with van der Waals surface area (Å²) in [5.41, 5.74) is 0. The summed E-state index contributed by atoms with van der Waals surface area (Å²) in [6.45, 7) is 5.09. The SMILES string of the molecule is CCOP(=O)(CO[C@H](CO)O[C@@H](OC(C)=O)[C@H](C)F)OCC. The maximum Gasteiger partial charge on any atom is 0.356 e. The van der Waals surface area contributed by atoms with Gasteiger partial charge in [0.1, 0.15) is 0 Å². The third kappa shape index (κ3) is 8.77. The molecule has 8 nitrogen and oxygen atoms in total. The molecule has 0 fully saturated rings. The Balaban J connectivity index is 4.62. The summed E-state index contributed by atoms with van der Waals surface area (Å²) in [4.78, 5) is 10.9. The van der Waals surface area contributed by atoms with Crippen LogP contribution >= 0.6 is 7.60 Å². The van der Waals surface area contributed by atoms with Crippen LogP contribution in [0, 0.1) is 0 Å². The van der Waals surface area contributed by atoms with Crippen molar-refractivity contribution < 1.29 is 42.1 Å². The van der Waals surface area contributed by atoms with Crippen LogP contribution in [0.2, 0.25) is 0 Å². The molecule has 0 saturated carbocycles. The molecule has 0 spiro atoms. The predicted molar refractivity (Wildman–Crippen MR) is 74.9 cm³/mol. The molecule has 0 aliphatic carbocycles. The number of halogens is 1. The Hall–Kier alpha value is -0.570. The number of hydrogen-bond donors (Lipinski definition) is 1. The van der Waals surface area contributed by atoms with E-state index in [2.05, 4.69) is 4.74 Å². The smallest absolute Gasteiger partial charge is 0.356 e. The van der Waals surface area contributed by atoms with Gasteiger partial charge in [-0.25, -0.2) is 4.39 Å².